The zero-order valence-corrected chi connectivity index (χ0v) is 42.1. The van der Waals surface area contributed by atoms with Gasteiger partial charge in [0.2, 0.25) is 0 Å². The molecule has 14 nitrogen and oxygen atoms in total. The molecule has 64 heavy (non-hydrogen) atoms. The maximum Gasteiger partial charge on any atom is 0.472 e. The number of aliphatic hydroxyl groups excluding tert-OH is 1. The Hall–Kier alpha value is -1.18. The number of allylic oxidation sites excluding steroid dienone is 1. The van der Waals surface area contributed by atoms with E-state index in [0.29, 0.717) is 25.0 Å². The number of carbonyl (C=O) groups excluding carboxylic acids is 2. The van der Waals surface area contributed by atoms with Crippen molar-refractivity contribution in [3.05, 3.63) is 12.2 Å². The first-order valence-corrected chi connectivity index (χ1v) is 28.4. The minimum Gasteiger partial charge on any atom is -0.462 e. The van der Waals surface area contributed by atoms with Crippen LogP contribution in [-0.2, 0) is 46.5 Å². The lowest BCUT2D eigenvalue weighted by atomic mass is 10.0. The highest BCUT2D eigenvalue weighted by atomic mass is 31.2. The van der Waals surface area contributed by atoms with Crippen molar-refractivity contribution in [1.29, 1.82) is 0 Å². The van der Waals surface area contributed by atoms with Crippen molar-refractivity contribution >= 4 is 27.6 Å². The number of esters is 2. The van der Waals surface area contributed by atoms with E-state index >= 15 is 0 Å². The molecule has 0 bridgehead atoms. The average Bonchev–Trinajstić information content (AvgIpc) is 4.00. The van der Waals surface area contributed by atoms with E-state index in [-0.39, 0.29) is 19.4 Å². The molecule has 16 heteroatoms. The molecular weight excluding hydrogens is 862 g/mol. The second-order valence-corrected chi connectivity index (χ2v) is 21.0. The first-order valence-electron chi connectivity index (χ1n) is 25.4. The van der Waals surface area contributed by atoms with Gasteiger partial charge >= 0.3 is 27.6 Å². The largest absolute Gasteiger partial charge is 0.472 e. The molecule has 0 radical (unpaired) electrons. The molecule has 1 fully saturated rings. The monoisotopic (exact) mass is 955 g/mol. The summed E-state index contributed by atoms with van der Waals surface area (Å²) in [5.74, 6) is -0.206. The molecule has 378 valence electrons. The summed E-state index contributed by atoms with van der Waals surface area (Å²) in [5.41, 5.74) is 0. The first kappa shape index (κ1) is 60.8. The van der Waals surface area contributed by atoms with Crippen LogP contribution in [0, 0.1) is 5.92 Å². The lowest BCUT2D eigenvalue weighted by Gasteiger charge is -2.20. The molecule has 0 aromatic rings. The van der Waals surface area contributed by atoms with Crippen molar-refractivity contribution in [2.24, 2.45) is 5.92 Å². The van der Waals surface area contributed by atoms with Crippen LogP contribution in [0.15, 0.2) is 12.2 Å². The molecule has 0 amide bonds. The SMILES string of the molecule is CCCCCC1OC1C/C=C\CCCCCCCC(=O)O[C@H](COC(=O)CCCCCCCCCCCCCCCCCCCCC(C)C)COP(=O)(O)OC[C@@H](O)COP(=O)(O)O. The van der Waals surface area contributed by atoms with Crippen LogP contribution in [0.4, 0.5) is 0 Å². The van der Waals surface area contributed by atoms with Crippen LogP contribution in [-0.4, -0.2) is 82.6 Å². The fourth-order valence-electron chi connectivity index (χ4n) is 7.54. The van der Waals surface area contributed by atoms with Gasteiger partial charge in [0.1, 0.15) is 12.7 Å². The van der Waals surface area contributed by atoms with E-state index in [4.69, 9.17) is 33.0 Å². The average molecular weight is 955 g/mol. The summed E-state index contributed by atoms with van der Waals surface area (Å²) in [6, 6.07) is 0. The number of phosphoric ester groups is 2. The number of unbranched alkanes of at least 4 members (excludes halogenated alkanes) is 24. The number of carbonyl (C=O) groups is 2. The highest BCUT2D eigenvalue weighted by Gasteiger charge is 2.36. The van der Waals surface area contributed by atoms with E-state index in [1.807, 2.05) is 0 Å². The fourth-order valence-corrected chi connectivity index (χ4v) is 8.70. The van der Waals surface area contributed by atoms with Crippen molar-refractivity contribution in [3.8, 4) is 0 Å². The third-order valence-corrected chi connectivity index (χ3v) is 12.9. The van der Waals surface area contributed by atoms with Gasteiger partial charge in [-0.3, -0.25) is 23.2 Å². The Morgan fingerprint density at radius 3 is 1.59 bits per heavy atom. The van der Waals surface area contributed by atoms with Gasteiger partial charge in [-0.25, -0.2) is 9.13 Å². The molecule has 3 unspecified atom stereocenters. The van der Waals surface area contributed by atoms with Crippen LogP contribution < -0.4 is 0 Å². The van der Waals surface area contributed by atoms with Crippen molar-refractivity contribution in [1.82, 2.24) is 0 Å². The van der Waals surface area contributed by atoms with E-state index in [2.05, 4.69) is 37.4 Å². The quantitative estimate of drug-likeness (QED) is 0.0147. The maximum atomic E-state index is 12.7. The number of hydrogen-bond acceptors (Lipinski definition) is 11. The van der Waals surface area contributed by atoms with Gasteiger partial charge < -0.3 is 34.0 Å². The Balaban J connectivity index is 2.26. The van der Waals surface area contributed by atoms with Crippen LogP contribution in [0.1, 0.15) is 226 Å². The summed E-state index contributed by atoms with van der Waals surface area (Å²) < 4.78 is 53.7. The second-order valence-electron chi connectivity index (χ2n) is 18.3. The minimum atomic E-state index is -4.87. The second kappa shape index (κ2) is 39.8. The molecule has 0 spiro atoms. The van der Waals surface area contributed by atoms with Gasteiger partial charge in [0.15, 0.2) is 6.10 Å². The van der Waals surface area contributed by atoms with Gasteiger partial charge in [0.05, 0.1) is 32.0 Å². The Kier molecular flexibility index (Phi) is 37.8. The van der Waals surface area contributed by atoms with Gasteiger partial charge in [-0.15, -0.1) is 0 Å². The number of hydrogen-bond donors (Lipinski definition) is 4. The van der Waals surface area contributed by atoms with E-state index < -0.39 is 59.6 Å². The van der Waals surface area contributed by atoms with Crippen molar-refractivity contribution in [2.45, 2.75) is 251 Å². The molecule has 1 aliphatic rings. The van der Waals surface area contributed by atoms with Crippen LogP contribution in [0.3, 0.4) is 0 Å². The smallest absolute Gasteiger partial charge is 0.462 e. The lowest BCUT2D eigenvalue weighted by Crippen LogP contribution is -2.30. The molecule has 1 aliphatic heterocycles. The number of rotatable bonds is 47. The number of aliphatic hydroxyl groups is 1. The Morgan fingerprint density at radius 2 is 1.06 bits per heavy atom. The lowest BCUT2D eigenvalue weighted by molar-refractivity contribution is -0.161. The molecular formula is C48H92O14P2. The third-order valence-electron chi connectivity index (χ3n) is 11.5. The summed E-state index contributed by atoms with van der Waals surface area (Å²) in [6.07, 6.45) is 38.0. The third kappa shape index (κ3) is 41.0. The van der Waals surface area contributed by atoms with Crippen molar-refractivity contribution in [3.63, 3.8) is 0 Å². The standard InChI is InChI=1S/C48H92O14P2/c1-4-5-28-34-45-46(62-45)35-30-25-21-18-19-23-27-32-37-48(51)61-44(41-60-64(55,56)59-39-43(49)38-58-63(52,53)54)40-57-47(50)36-31-26-22-17-15-13-11-9-7-6-8-10-12-14-16-20-24-29-33-42(2)3/h25,30,42-46,49H,4-24,26-29,31-41H2,1-3H3,(H,55,56)(H2,52,53,54)/b30-25-/t43-,44+,45?,46?/m0/s1. The summed E-state index contributed by atoms with van der Waals surface area (Å²) in [6.45, 7) is 4.11. The van der Waals surface area contributed by atoms with E-state index in [0.717, 1.165) is 70.1 Å². The highest BCUT2D eigenvalue weighted by molar-refractivity contribution is 7.47. The molecule has 1 saturated heterocycles. The van der Waals surface area contributed by atoms with Crippen LogP contribution in [0.2, 0.25) is 0 Å². The predicted molar refractivity (Wildman–Crippen MR) is 253 cm³/mol. The summed E-state index contributed by atoms with van der Waals surface area (Å²) >= 11 is 0. The van der Waals surface area contributed by atoms with Gasteiger partial charge in [-0.05, 0) is 44.4 Å². The van der Waals surface area contributed by atoms with Gasteiger partial charge in [-0.1, -0.05) is 187 Å². The van der Waals surface area contributed by atoms with E-state index in [9.17, 15) is 28.7 Å². The zero-order chi connectivity index (χ0) is 47.2. The molecule has 4 N–H and O–H groups in total. The minimum absolute atomic E-state index is 0.114. The summed E-state index contributed by atoms with van der Waals surface area (Å²) in [5, 5.41) is 9.78. The Bertz CT molecular complexity index is 1260. The van der Waals surface area contributed by atoms with Gasteiger partial charge in [-0.2, -0.15) is 0 Å². The van der Waals surface area contributed by atoms with Gasteiger partial charge in [0, 0.05) is 12.8 Å². The normalized spacial score (nSPS) is 17.2. The fraction of sp³-hybridized carbons (Fsp3) is 0.917. The van der Waals surface area contributed by atoms with Crippen LogP contribution in [0.25, 0.3) is 0 Å². The van der Waals surface area contributed by atoms with Gasteiger partial charge in [0.25, 0.3) is 0 Å². The summed E-state index contributed by atoms with van der Waals surface area (Å²) in [4.78, 5) is 52.9. The topological polar surface area (TPSA) is 208 Å². The predicted octanol–water partition coefficient (Wildman–Crippen LogP) is 12.5. The number of epoxide rings is 1. The first-order chi connectivity index (χ1) is 30.7. The van der Waals surface area contributed by atoms with Crippen LogP contribution in [0.5, 0.6) is 0 Å². The highest BCUT2D eigenvalue weighted by Crippen LogP contribution is 2.44. The number of ether oxygens (including phenoxy) is 3. The molecule has 0 aromatic heterocycles. The summed E-state index contributed by atoms with van der Waals surface area (Å²) in [7, 11) is -9.68. The molecule has 0 aliphatic carbocycles. The molecule has 5 atom stereocenters. The maximum absolute atomic E-state index is 12.7. The zero-order valence-electron chi connectivity index (χ0n) is 40.3. The van der Waals surface area contributed by atoms with E-state index in [1.165, 1.54) is 116 Å². The Morgan fingerprint density at radius 1 is 0.578 bits per heavy atom. The molecule has 0 saturated carbocycles. The van der Waals surface area contributed by atoms with E-state index in [1.54, 1.807) is 0 Å². The molecule has 1 heterocycles. The Labute approximate surface area is 387 Å². The van der Waals surface area contributed by atoms with Crippen LogP contribution >= 0.6 is 15.6 Å². The van der Waals surface area contributed by atoms with Crippen molar-refractivity contribution in [2.75, 3.05) is 26.4 Å². The molecule has 1 rings (SSSR count). The molecule has 0 aromatic carbocycles. The number of phosphoric acid groups is 2. The van der Waals surface area contributed by atoms with Crippen molar-refractivity contribution < 1.29 is 66.3 Å².